The van der Waals surface area contributed by atoms with Crippen LogP contribution in [0.2, 0.25) is 0 Å². The van der Waals surface area contributed by atoms with Crippen LogP contribution in [0, 0.1) is 13.8 Å². The fourth-order valence-electron chi connectivity index (χ4n) is 2.65. The third-order valence-electron chi connectivity index (χ3n) is 4.39. The molecule has 0 aliphatic carbocycles. The fraction of sp³-hybridized carbons (Fsp3) is 0.650. The number of hydrogen-bond donors (Lipinski definition) is 1. The zero-order valence-electron chi connectivity index (χ0n) is 15.6. The van der Waals surface area contributed by atoms with Crippen molar-refractivity contribution in [1.82, 2.24) is 0 Å². The predicted octanol–water partition coefficient (Wildman–Crippen LogP) is 4.97. The van der Waals surface area contributed by atoms with Crippen LogP contribution in [0.1, 0.15) is 75.6 Å². The summed E-state index contributed by atoms with van der Waals surface area (Å²) in [5.41, 5.74) is 3.90. The maximum Gasteiger partial charge on any atom is 0.306 e. The van der Waals surface area contributed by atoms with Crippen molar-refractivity contribution in [3.05, 3.63) is 28.3 Å². The largest absolute Gasteiger partial charge is 0.507 e. The van der Waals surface area contributed by atoms with E-state index in [0.717, 1.165) is 41.5 Å². The molecule has 1 aromatic carbocycles. The zero-order chi connectivity index (χ0) is 17.6. The second kappa shape index (κ2) is 8.37. The molecule has 1 aromatic rings. The minimum absolute atomic E-state index is 0.127. The third-order valence-corrected chi connectivity index (χ3v) is 4.39. The maximum absolute atomic E-state index is 11.9. The van der Waals surface area contributed by atoms with Crippen LogP contribution in [0.25, 0.3) is 0 Å². The molecule has 0 amide bonds. The SMILES string of the molecule is CCCCCOC(=O)CCc1cc(C(C)(C)C)c(O)c(C)c1C. The van der Waals surface area contributed by atoms with Gasteiger partial charge in [0.25, 0.3) is 0 Å². The van der Waals surface area contributed by atoms with Crippen molar-refractivity contribution in [3.8, 4) is 5.75 Å². The predicted molar refractivity (Wildman–Crippen MR) is 95.1 cm³/mol. The molecular weight excluding hydrogens is 288 g/mol. The van der Waals surface area contributed by atoms with Gasteiger partial charge in [-0.15, -0.1) is 0 Å². The van der Waals surface area contributed by atoms with Gasteiger partial charge >= 0.3 is 5.97 Å². The number of carbonyl (C=O) groups excluding carboxylic acids is 1. The highest BCUT2D eigenvalue weighted by atomic mass is 16.5. The molecule has 3 nitrogen and oxygen atoms in total. The quantitative estimate of drug-likeness (QED) is 0.570. The second-order valence-corrected chi connectivity index (χ2v) is 7.36. The summed E-state index contributed by atoms with van der Waals surface area (Å²) >= 11 is 0. The lowest BCUT2D eigenvalue weighted by Crippen LogP contribution is -2.14. The number of hydrogen-bond acceptors (Lipinski definition) is 3. The van der Waals surface area contributed by atoms with Gasteiger partial charge in [-0.2, -0.15) is 0 Å². The number of carbonyl (C=O) groups is 1. The number of rotatable bonds is 7. The van der Waals surface area contributed by atoms with Crippen LogP contribution in [0.5, 0.6) is 5.75 Å². The van der Waals surface area contributed by atoms with E-state index in [1.807, 2.05) is 19.9 Å². The Kier molecular flexibility index (Phi) is 7.11. The lowest BCUT2D eigenvalue weighted by molar-refractivity contribution is -0.143. The molecule has 130 valence electrons. The van der Waals surface area contributed by atoms with Crippen molar-refractivity contribution in [2.75, 3.05) is 6.61 Å². The van der Waals surface area contributed by atoms with Gasteiger partial charge in [0, 0.05) is 6.42 Å². The number of aromatic hydroxyl groups is 1. The van der Waals surface area contributed by atoms with Gasteiger partial charge in [0.15, 0.2) is 0 Å². The van der Waals surface area contributed by atoms with E-state index in [4.69, 9.17) is 4.74 Å². The molecule has 1 N–H and O–H groups in total. The smallest absolute Gasteiger partial charge is 0.306 e. The first-order chi connectivity index (χ1) is 10.7. The van der Waals surface area contributed by atoms with Crippen molar-refractivity contribution in [3.63, 3.8) is 0 Å². The molecule has 0 aliphatic rings. The summed E-state index contributed by atoms with van der Waals surface area (Å²) in [4.78, 5) is 11.9. The fourth-order valence-corrected chi connectivity index (χ4v) is 2.65. The molecule has 1 rings (SSSR count). The molecule has 0 unspecified atom stereocenters. The van der Waals surface area contributed by atoms with Gasteiger partial charge < -0.3 is 9.84 Å². The second-order valence-electron chi connectivity index (χ2n) is 7.36. The van der Waals surface area contributed by atoms with Crippen LogP contribution >= 0.6 is 0 Å². The summed E-state index contributed by atoms with van der Waals surface area (Å²) in [6, 6.07) is 2.04. The average Bonchev–Trinajstić information content (AvgIpc) is 2.47. The van der Waals surface area contributed by atoms with E-state index in [2.05, 4.69) is 27.7 Å². The highest BCUT2D eigenvalue weighted by Gasteiger charge is 2.22. The Balaban J connectivity index is 2.77. The van der Waals surface area contributed by atoms with E-state index >= 15 is 0 Å². The zero-order valence-corrected chi connectivity index (χ0v) is 15.6. The third kappa shape index (κ3) is 5.56. The molecule has 0 spiro atoms. The van der Waals surface area contributed by atoms with Crippen molar-refractivity contribution in [2.45, 2.75) is 79.1 Å². The number of phenolic OH excluding ortho intramolecular Hbond substituents is 1. The Morgan fingerprint density at radius 1 is 1.17 bits per heavy atom. The molecule has 23 heavy (non-hydrogen) atoms. The van der Waals surface area contributed by atoms with Gasteiger partial charge in [-0.1, -0.05) is 46.6 Å². The van der Waals surface area contributed by atoms with Crippen LogP contribution in [0.3, 0.4) is 0 Å². The Bertz CT molecular complexity index is 539. The number of benzene rings is 1. The van der Waals surface area contributed by atoms with Crippen molar-refractivity contribution in [1.29, 1.82) is 0 Å². The summed E-state index contributed by atoms with van der Waals surface area (Å²) < 4.78 is 5.27. The van der Waals surface area contributed by atoms with Gasteiger partial charge in [0.2, 0.25) is 0 Å². The number of ether oxygens (including phenoxy) is 1. The van der Waals surface area contributed by atoms with Crippen molar-refractivity contribution < 1.29 is 14.6 Å². The van der Waals surface area contributed by atoms with Gasteiger partial charge in [0.1, 0.15) is 5.75 Å². The lowest BCUT2D eigenvalue weighted by atomic mass is 9.82. The Morgan fingerprint density at radius 3 is 2.39 bits per heavy atom. The molecule has 3 heteroatoms. The van der Waals surface area contributed by atoms with Gasteiger partial charge in [0.05, 0.1) is 6.61 Å². The van der Waals surface area contributed by atoms with Crippen LogP contribution in [0.4, 0.5) is 0 Å². The molecule has 0 fully saturated rings. The maximum atomic E-state index is 11.9. The molecule has 0 saturated carbocycles. The monoisotopic (exact) mass is 320 g/mol. The molecule has 0 bridgehead atoms. The number of unbranched alkanes of at least 4 members (excludes halogenated alkanes) is 2. The van der Waals surface area contributed by atoms with E-state index in [1.54, 1.807) is 0 Å². The molecular formula is C20H32O3. The van der Waals surface area contributed by atoms with Gasteiger partial charge in [-0.3, -0.25) is 4.79 Å². The Hall–Kier alpha value is -1.51. The van der Waals surface area contributed by atoms with Crippen LogP contribution in [-0.2, 0) is 21.4 Å². The number of phenols is 1. The summed E-state index contributed by atoms with van der Waals surface area (Å²) in [5, 5.41) is 10.4. The van der Waals surface area contributed by atoms with E-state index in [1.165, 1.54) is 0 Å². The first kappa shape index (κ1) is 19.5. The summed E-state index contributed by atoms with van der Waals surface area (Å²) in [6.07, 6.45) is 4.20. The van der Waals surface area contributed by atoms with Gasteiger partial charge in [-0.25, -0.2) is 0 Å². The Labute approximate surface area is 141 Å². The van der Waals surface area contributed by atoms with E-state index in [0.29, 0.717) is 25.2 Å². The number of esters is 1. The standard InChI is InChI=1S/C20H32O3/c1-7-8-9-12-23-18(21)11-10-16-13-17(20(4,5)6)19(22)15(3)14(16)2/h13,22H,7-12H2,1-6H3. The molecule has 0 aliphatic heterocycles. The van der Waals surface area contributed by atoms with Crippen LogP contribution in [0.15, 0.2) is 6.07 Å². The van der Waals surface area contributed by atoms with E-state index in [9.17, 15) is 9.90 Å². The first-order valence-corrected chi connectivity index (χ1v) is 8.66. The minimum Gasteiger partial charge on any atom is -0.507 e. The molecule has 0 saturated heterocycles. The molecule has 0 radical (unpaired) electrons. The van der Waals surface area contributed by atoms with Crippen molar-refractivity contribution in [2.24, 2.45) is 0 Å². The highest BCUT2D eigenvalue weighted by molar-refractivity contribution is 5.70. The van der Waals surface area contributed by atoms with Gasteiger partial charge in [-0.05, 0) is 54.4 Å². The summed E-state index contributed by atoms with van der Waals surface area (Å²) in [5.74, 6) is 0.240. The van der Waals surface area contributed by atoms with Crippen molar-refractivity contribution >= 4 is 5.97 Å². The average molecular weight is 320 g/mol. The normalized spacial score (nSPS) is 11.6. The molecule has 0 aromatic heterocycles. The molecule has 0 atom stereocenters. The van der Waals surface area contributed by atoms with E-state index < -0.39 is 0 Å². The summed E-state index contributed by atoms with van der Waals surface area (Å²) in [6.45, 7) is 12.8. The highest BCUT2D eigenvalue weighted by Crippen LogP contribution is 2.36. The summed E-state index contributed by atoms with van der Waals surface area (Å²) in [7, 11) is 0. The lowest BCUT2D eigenvalue weighted by Gasteiger charge is -2.24. The van der Waals surface area contributed by atoms with Crippen LogP contribution in [-0.4, -0.2) is 17.7 Å². The van der Waals surface area contributed by atoms with Crippen LogP contribution < -0.4 is 0 Å². The topological polar surface area (TPSA) is 46.5 Å². The first-order valence-electron chi connectivity index (χ1n) is 8.66. The van der Waals surface area contributed by atoms with E-state index in [-0.39, 0.29) is 11.4 Å². The minimum atomic E-state index is -0.136. The molecule has 0 heterocycles. The number of aryl methyl sites for hydroxylation is 1. The Morgan fingerprint density at radius 2 is 1.83 bits per heavy atom.